The second-order valence-corrected chi connectivity index (χ2v) is 5.80. The molecule has 0 aliphatic heterocycles. The Morgan fingerprint density at radius 1 is 1.24 bits per heavy atom. The van der Waals surface area contributed by atoms with Crippen molar-refractivity contribution < 1.29 is 14.4 Å². The lowest BCUT2D eigenvalue weighted by atomic mass is 10.1. The molecule has 1 N–H and O–H groups in total. The van der Waals surface area contributed by atoms with Gasteiger partial charge in [-0.05, 0) is 44.2 Å². The van der Waals surface area contributed by atoms with E-state index in [1.165, 1.54) is 25.5 Å². The number of ether oxygens (including phenoxy) is 2. The van der Waals surface area contributed by atoms with Crippen LogP contribution in [0.2, 0.25) is 5.02 Å². The lowest BCUT2D eigenvalue weighted by Crippen LogP contribution is -2.08. The Bertz CT molecular complexity index is 776. The highest BCUT2D eigenvalue weighted by molar-refractivity contribution is 6.30. The molecule has 0 bridgehead atoms. The van der Waals surface area contributed by atoms with Gasteiger partial charge in [0, 0.05) is 5.02 Å². The van der Waals surface area contributed by atoms with Gasteiger partial charge in [0.15, 0.2) is 11.5 Å². The quantitative estimate of drug-likeness (QED) is 0.445. The van der Waals surface area contributed by atoms with Crippen molar-refractivity contribution in [1.29, 1.82) is 0 Å². The molecule has 132 valence electrons. The minimum atomic E-state index is -0.495. The average Bonchev–Trinajstić information content (AvgIpc) is 2.56. The van der Waals surface area contributed by atoms with E-state index in [9.17, 15) is 10.1 Å². The third kappa shape index (κ3) is 5.09. The van der Waals surface area contributed by atoms with Crippen LogP contribution in [-0.2, 0) is 0 Å². The van der Waals surface area contributed by atoms with Crippen molar-refractivity contribution in [3.8, 4) is 11.5 Å². The maximum absolute atomic E-state index is 11.3. The van der Waals surface area contributed by atoms with Crippen molar-refractivity contribution in [3.05, 3.63) is 57.1 Å². The SMILES string of the molecule is COc1cc([N+](=O)[O-])c(C=NNc2ccc(Cl)cc2)cc1OC(C)C. The van der Waals surface area contributed by atoms with Crippen LogP contribution in [0, 0.1) is 10.1 Å². The summed E-state index contributed by atoms with van der Waals surface area (Å²) in [6.45, 7) is 3.72. The van der Waals surface area contributed by atoms with Gasteiger partial charge in [-0.15, -0.1) is 0 Å². The molecule has 0 saturated carbocycles. The summed E-state index contributed by atoms with van der Waals surface area (Å²) in [7, 11) is 1.43. The van der Waals surface area contributed by atoms with E-state index in [4.69, 9.17) is 21.1 Å². The van der Waals surface area contributed by atoms with Crippen LogP contribution in [0.1, 0.15) is 19.4 Å². The summed E-state index contributed by atoms with van der Waals surface area (Å²) in [6.07, 6.45) is 1.26. The zero-order valence-electron chi connectivity index (χ0n) is 14.0. The zero-order chi connectivity index (χ0) is 18.4. The Labute approximate surface area is 150 Å². The first-order chi connectivity index (χ1) is 11.9. The highest BCUT2D eigenvalue weighted by Gasteiger charge is 2.19. The third-order valence-corrected chi connectivity index (χ3v) is 3.37. The average molecular weight is 364 g/mol. The molecule has 0 atom stereocenters. The lowest BCUT2D eigenvalue weighted by molar-refractivity contribution is -0.385. The molecule has 2 rings (SSSR count). The third-order valence-electron chi connectivity index (χ3n) is 3.11. The van der Waals surface area contributed by atoms with Crippen molar-refractivity contribution in [1.82, 2.24) is 0 Å². The summed E-state index contributed by atoms with van der Waals surface area (Å²) in [6, 6.07) is 9.77. The molecule has 0 radical (unpaired) electrons. The summed E-state index contributed by atoms with van der Waals surface area (Å²) in [5, 5.41) is 16.0. The molecule has 0 aliphatic carbocycles. The first kappa shape index (κ1) is 18.5. The Kier molecular flexibility index (Phi) is 6.19. The van der Waals surface area contributed by atoms with Gasteiger partial charge in [-0.2, -0.15) is 5.10 Å². The fourth-order valence-corrected chi connectivity index (χ4v) is 2.16. The number of halogens is 1. The van der Waals surface area contributed by atoms with Gasteiger partial charge in [-0.1, -0.05) is 11.6 Å². The molecule has 25 heavy (non-hydrogen) atoms. The molecule has 0 saturated heterocycles. The summed E-state index contributed by atoms with van der Waals surface area (Å²) in [5.74, 6) is 0.708. The fraction of sp³-hybridized carbons (Fsp3) is 0.235. The van der Waals surface area contributed by atoms with Gasteiger partial charge in [-0.25, -0.2) is 0 Å². The van der Waals surface area contributed by atoms with Crippen LogP contribution in [0.4, 0.5) is 11.4 Å². The predicted octanol–water partition coefficient (Wildman–Crippen LogP) is 4.49. The van der Waals surface area contributed by atoms with Crippen molar-refractivity contribution >= 4 is 29.2 Å². The van der Waals surface area contributed by atoms with E-state index in [1.807, 2.05) is 13.8 Å². The number of nitrogens with zero attached hydrogens (tertiary/aromatic N) is 2. The van der Waals surface area contributed by atoms with E-state index < -0.39 is 4.92 Å². The van der Waals surface area contributed by atoms with E-state index in [-0.39, 0.29) is 11.8 Å². The zero-order valence-corrected chi connectivity index (χ0v) is 14.8. The fourth-order valence-electron chi connectivity index (χ4n) is 2.03. The molecule has 0 amide bonds. The number of benzene rings is 2. The van der Waals surface area contributed by atoms with Gasteiger partial charge in [0.2, 0.25) is 0 Å². The lowest BCUT2D eigenvalue weighted by Gasteiger charge is -2.14. The topological polar surface area (TPSA) is 86.0 Å². The highest BCUT2D eigenvalue weighted by atomic mass is 35.5. The maximum atomic E-state index is 11.3. The Balaban J connectivity index is 2.31. The van der Waals surface area contributed by atoms with Crippen LogP contribution in [0.25, 0.3) is 0 Å². The van der Waals surface area contributed by atoms with Gasteiger partial charge in [0.1, 0.15) is 0 Å². The van der Waals surface area contributed by atoms with Gasteiger partial charge >= 0.3 is 0 Å². The van der Waals surface area contributed by atoms with Gasteiger partial charge in [0.05, 0.1) is 41.7 Å². The van der Waals surface area contributed by atoms with Crippen molar-refractivity contribution in [3.63, 3.8) is 0 Å². The standard InChI is InChI=1S/C17H18ClN3O4/c1-11(2)25-17-8-12(15(21(22)23)9-16(17)24-3)10-19-20-14-6-4-13(18)5-7-14/h4-11,20H,1-3H3. The summed E-state index contributed by atoms with van der Waals surface area (Å²) >= 11 is 5.82. The molecule has 0 unspecified atom stereocenters. The van der Waals surface area contributed by atoms with Crippen molar-refractivity contribution in [2.24, 2.45) is 5.10 Å². The molecular formula is C17H18ClN3O4. The largest absolute Gasteiger partial charge is 0.493 e. The van der Waals surface area contributed by atoms with Crippen molar-refractivity contribution in [2.75, 3.05) is 12.5 Å². The molecule has 0 aliphatic rings. The van der Waals surface area contributed by atoms with E-state index in [1.54, 1.807) is 24.3 Å². The smallest absolute Gasteiger partial charge is 0.282 e. The molecule has 0 fully saturated rings. The summed E-state index contributed by atoms with van der Waals surface area (Å²) < 4.78 is 10.8. The van der Waals surface area contributed by atoms with Gasteiger partial charge in [-0.3, -0.25) is 15.5 Å². The number of nitrogens with one attached hydrogen (secondary N) is 1. The molecule has 0 spiro atoms. The number of nitro benzene ring substituents is 1. The van der Waals surface area contributed by atoms with Crippen molar-refractivity contribution in [2.45, 2.75) is 20.0 Å². The number of methoxy groups -OCH3 is 1. The van der Waals surface area contributed by atoms with Crippen LogP contribution in [0.5, 0.6) is 11.5 Å². The molecule has 2 aromatic rings. The predicted molar refractivity (Wildman–Crippen MR) is 98.1 cm³/mol. The Morgan fingerprint density at radius 2 is 1.92 bits per heavy atom. The highest BCUT2D eigenvalue weighted by Crippen LogP contribution is 2.34. The van der Waals surface area contributed by atoms with Crippen LogP contribution < -0.4 is 14.9 Å². The van der Waals surface area contributed by atoms with Crippen LogP contribution in [0.3, 0.4) is 0 Å². The van der Waals surface area contributed by atoms with E-state index >= 15 is 0 Å². The van der Waals surface area contributed by atoms with Gasteiger partial charge < -0.3 is 9.47 Å². The van der Waals surface area contributed by atoms with E-state index in [0.29, 0.717) is 27.8 Å². The Morgan fingerprint density at radius 3 is 2.48 bits per heavy atom. The number of hydrogen-bond donors (Lipinski definition) is 1. The molecule has 2 aromatic carbocycles. The molecule has 8 heteroatoms. The molecular weight excluding hydrogens is 346 g/mol. The number of anilines is 1. The summed E-state index contributed by atoms with van der Waals surface area (Å²) in [5.41, 5.74) is 3.66. The Hall–Kier alpha value is -2.80. The van der Waals surface area contributed by atoms with Gasteiger partial charge in [0.25, 0.3) is 5.69 Å². The minimum Gasteiger partial charge on any atom is -0.493 e. The number of nitro groups is 1. The minimum absolute atomic E-state index is 0.104. The monoisotopic (exact) mass is 363 g/mol. The first-order valence-corrected chi connectivity index (χ1v) is 7.86. The van der Waals surface area contributed by atoms with Crippen LogP contribution >= 0.6 is 11.6 Å². The molecule has 0 heterocycles. The number of hydrazone groups is 1. The van der Waals surface area contributed by atoms with Crippen LogP contribution in [-0.4, -0.2) is 24.4 Å². The second kappa shape index (κ2) is 8.34. The number of rotatable bonds is 7. The summed E-state index contributed by atoms with van der Waals surface area (Å²) in [4.78, 5) is 10.8. The second-order valence-electron chi connectivity index (χ2n) is 5.36. The maximum Gasteiger partial charge on any atom is 0.282 e. The van der Waals surface area contributed by atoms with Crippen LogP contribution in [0.15, 0.2) is 41.5 Å². The van der Waals surface area contributed by atoms with E-state index in [0.717, 1.165) is 0 Å². The first-order valence-electron chi connectivity index (χ1n) is 7.48. The van der Waals surface area contributed by atoms with E-state index in [2.05, 4.69) is 10.5 Å². The molecule has 7 nitrogen and oxygen atoms in total. The number of hydrogen-bond acceptors (Lipinski definition) is 6. The molecule has 0 aromatic heterocycles. The normalized spacial score (nSPS) is 10.9.